The molecular formula is C21H21N5O3. The summed E-state index contributed by atoms with van der Waals surface area (Å²) in [5, 5.41) is 2.78. The number of amides is 2. The molecule has 4 rings (SSSR count). The van der Waals surface area contributed by atoms with Gasteiger partial charge in [0.15, 0.2) is 5.76 Å². The largest absolute Gasteiger partial charge is 0.459 e. The monoisotopic (exact) mass is 391 g/mol. The van der Waals surface area contributed by atoms with E-state index in [1.165, 1.54) is 19.5 Å². The van der Waals surface area contributed by atoms with Gasteiger partial charge >= 0.3 is 0 Å². The summed E-state index contributed by atoms with van der Waals surface area (Å²) in [6, 6.07) is 12.9. The van der Waals surface area contributed by atoms with Gasteiger partial charge in [0, 0.05) is 50.4 Å². The van der Waals surface area contributed by atoms with Crippen LogP contribution in [0.3, 0.4) is 0 Å². The Hall–Kier alpha value is -3.68. The van der Waals surface area contributed by atoms with Crippen molar-refractivity contribution in [1.82, 2.24) is 14.9 Å². The van der Waals surface area contributed by atoms with Gasteiger partial charge in [-0.3, -0.25) is 9.59 Å². The fraction of sp³-hybridized carbons (Fsp3) is 0.238. The normalized spacial score (nSPS) is 14.0. The van der Waals surface area contributed by atoms with E-state index in [2.05, 4.69) is 20.2 Å². The van der Waals surface area contributed by atoms with Crippen LogP contribution in [0.5, 0.6) is 0 Å². The number of nitrogens with one attached hydrogen (secondary N) is 1. The van der Waals surface area contributed by atoms with Crippen molar-refractivity contribution >= 4 is 23.3 Å². The highest BCUT2D eigenvalue weighted by Crippen LogP contribution is 2.24. The molecule has 29 heavy (non-hydrogen) atoms. The first-order valence-electron chi connectivity index (χ1n) is 9.38. The van der Waals surface area contributed by atoms with Crippen molar-refractivity contribution in [2.75, 3.05) is 36.4 Å². The SMILES string of the molecule is CC(=O)Nc1cccc(-c2cc(N3CCN(C(=O)c4ccco4)CC3)ncn2)c1. The Bertz CT molecular complexity index is 1010. The van der Waals surface area contributed by atoms with Crippen molar-refractivity contribution in [3.8, 4) is 11.3 Å². The van der Waals surface area contributed by atoms with Crippen LogP contribution >= 0.6 is 0 Å². The number of benzene rings is 1. The third-order valence-corrected chi connectivity index (χ3v) is 4.75. The Kier molecular flexibility index (Phi) is 5.24. The third-order valence-electron chi connectivity index (χ3n) is 4.75. The van der Waals surface area contributed by atoms with E-state index in [9.17, 15) is 9.59 Å². The summed E-state index contributed by atoms with van der Waals surface area (Å²) in [5.41, 5.74) is 2.39. The molecule has 1 fully saturated rings. The lowest BCUT2D eigenvalue weighted by atomic mass is 10.1. The van der Waals surface area contributed by atoms with Crippen LogP contribution in [0.2, 0.25) is 0 Å². The molecule has 0 unspecified atom stereocenters. The number of rotatable bonds is 4. The third kappa shape index (κ3) is 4.26. The summed E-state index contributed by atoms with van der Waals surface area (Å²) in [7, 11) is 0. The van der Waals surface area contributed by atoms with Crippen LogP contribution < -0.4 is 10.2 Å². The zero-order valence-electron chi connectivity index (χ0n) is 16.0. The molecule has 148 valence electrons. The van der Waals surface area contributed by atoms with Crippen LogP contribution in [-0.2, 0) is 4.79 Å². The second-order valence-corrected chi connectivity index (χ2v) is 6.78. The number of carbonyl (C=O) groups excluding carboxylic acids is 2. The molecular weight excluding hydrogens is 370 g/mol. The van der Waals surface area contributed by atoms with Gasteiger partial charge in [-0.05, 0) is 24.3 Å². The molecule has 1 aliphatic heterocycles. The fourth-order valence-corrected chi connectivity index (χ4v) is 3.33. The maximum absolute atomic E-state index is 12.4. The quantitative estimate of drug-likeness (QED) is 0.735. The van der Waals surface area contributed by atoms with Crippen molar-refractivity contribution in [1.29, 1.82) is 0 Å². The van der Waals surface area contributed by atoms with E-state index >= 15 is 0 Å². The Morgan fingerprint density at radius 3 is 2.59 bits per heavy atom. The van der Waals surface area contributed by atoms with Crippen molar-refractivity contribution in [3.63, 3.8) is 0 Å². The molecule has 2 aromatic heterocycles. The number of hydrogen-bond donors (Lipinski definition) is 1. The molecule has 1 N–H and O–H groups in total. The lowest BCUT2D eigenvalue weighted by Gasteiger charge is -2.35. The Balaban J connectivity index is 1.46. The summed E-state index contributed by atoms with van der Waals surface area (Å²) in [6.45, 7) is 4.02. The number of hydrogen-bond acceptors (Lipinski definition) is 6. The van der Waals surface area contributed by atoms with Gasteiger partial charge in [-0.2, -0.15) is 0 Å². The molecule has 8 heteroatoms. The van der Waals surface area contributed by atoms with Gasteiger partial charge < -0.3 is 19.5 Å². The zero-order chi connectivity index (χ0) is 20.2. The summed E-state index contributed by atoms with van der Waals surface area (Å²) in [5.74, 6) is 0.965. The minimum Gasteiger partial charge on any atom is -0.459 e. The molecule has 1 aliphatic rings. The highest BCUT2D eigenvalue weighted by Gasteiger charge is 2.24. The van der Waals surface area contributed by atoms with Crippen LogP contribution in [0.1, 0.15) is 17.5 Å². The maximum atomic E-state index is 12.4. The Morgan fingerprint density at radius 1 is 1.03 bits per heavy atom. The van der Waals surface area contributed by atoms with Crippen LogP contribution in [0.25, 0.3) is 11.3 Å². The maximum Gasteiger partial charge on any atom is 0.289 e. The molecule has 0 spiro atoms. The fourth-order valence-electron chi connectivity index (χ4n) is 3.33. The minimum atomic E-state index is -0.118. The Morgan fingerprint density at radius 2 is 1.86 bits per heavy atom. The van der Waals surface area contributed by atoms with Gasteiger partial charge in [0.2, 0.25) is 5.91 Å². The molecule has 0 atom stereocenters. The van der Waals surface area contributed by atoms with Crippen molar-refractivity contribution in [2.24, 2.45) is 0 Å². The van der Waals surface area contributed by atoms with Gasteiger partial charge in [-0.25, -0.2) is 9.97 Å². The molecule has 0 saturated carbocycles. The van der Waals surface area contributed by atoms with Crippen LogP contribution in [0.15, 0.2) is 59.5 Å². The zero-order valence-corrected chi connectivity index (χ0v) is 16.0. The summed E-state index contributed by atoms with van der Waals surface area (Å²) < 4.78 is 5.21. The average molecular weight is 391 g/mol. The lowest BCUT2D eigenvalue weighted by molar-refractivity contribution is -0.114. The van der Waals surface area contributed by atoms with E-state index in [-0.39, 0.29) is 11.8 Å². The second-order valence-electron chi connectivity index (χ2n) is 6.78. The van der Waals surface area contributed by atoms with Crippen molar-refractivity contribution in [3.05, 3.63) is 60.8 Å². The van der Waals surface area contributed by atoms with Crippen molar-refractivity contribution < 1.29 is 14.0 Å². The Labute approximate surface area is 168 Å². The van der Waals surface area contributed by atoms with Gasteiger partial charge in [0.25, 0.3) is 5.91 Å². The topological polar surface area (TPSA) is 91.6 Å². The predicted octanol–water partition coefficient (Wildman–Crippen LogP) is 2.66. The molecule has 1 aromatic carbocycles. The first-order valence-corrected chi connectivity index (χ1v) is 9.38. The van der Waals surface area contributed by atoms with Crippen LogP contribution in [0.4, 0.5) is 11.5 Å². The number of nitrogens with zero attached hydrogens (tertiary/aromatic N) is 4. The average Bonchev–Trinajstić information content (AvgIpc) is 3.28. The molecule has 0 radical (unpaired) electrons. The number of piperazine rings is 1. The van der Waals surface area contributed by atoms with E-state index < -0.39 is 0 Å². The van der Waals surface area contributed by atoms with Crippen molar-refractivity contribution in [2.45, 2.75) is 6.92 Å². The number of carbonyl (C=O) groups is 2. The van der Waals surface area contributed by atoms with E-state index in [0.717, 1.165) is 22.8 Å². The van der Waals surface area contributed by atoms with E-state index in [1.54, 1.807) is 17.0 Å². The standard InChI is InChI=1S/C21H21N5O3/c1-15(27)24-17-5-2-4-16(12-17)18-13-20(23-14-22-18)25-7-9-26(10-8-25)21(28)19-6-3-11-29-19/h2-6,11-14H,7-10H2,1H3,(H,24,27). The van der Waals surface area contributed by atoms with Crippen LogP contribution in [0, 0.1) is 0 Å². The van der Waals surface area contributed by atoms with Gasteiger partial charge in [0.05, 0.1) is 12.0 Å². The highest BCUT2D eigenvalue weighted by atomic mass is 16.3. The molecule has 0 bridgehead atoms. The summed E-state index contributed by atoms with van der Waals surface area (Å²) in [4.78, 5) is 36.4. The van der Waals surface area contributed by atoms with Gasteiger partial charge in [-0.15, -0.1) is 0 Å². The summed E-state index contributed by atoms with van der Waals surface area (Å²) in [6.07, 6.45) is 3.04. The smallest absolute Gasteiger partial charge is 0.289 e. The number of furan rings is 1. The predicted molar refractivity (Wildman–Crippen MR) is 109 cm³/mol. The van der Waals surface area contributed by atoms with E-state index in [0.29, 0.717) is 31.9 Å². The van der Waals surface area contributed by atoms with Crippen LogP contribution in [-0.4, -0.2) is 52.9 Å². The lowest BCUT2D eigenvalue weighted by Crippen LogP contribution is -2.49. The molecule has 3 aromatic rings. The molecule has 8 nitrogen and oxygen atoms in total. The molecule has 0 aliphatic carbocycles. The molecule has 1 saturated heterocycles. The van der Waals surface area contributed by atoms with E-state index in [1.807, 2.05) is 30.3 Å². The number of aromatic nitrogens is 2. The van der Waals surface area contributed by atoms with Gasteiger partial charge in [0.1, 0.15) is 12.1 Å². The summed E-state index contributed by atoms with van der Waals surface area (Å²) >= 11 is 0. The van der Waals surface area contributed by atoms with E-state index in [4.69, 9.17) is 4.42 Å². The molecule has 2 amide bonds. The highest BCUT2D eigenvalue weighted by molar-refractivity contribution is 5.91. The first kappa shape index (κ1) is 18.7. The number of anilines is 2. The minimum absolute atomic E-state index is 0.0900. The van der Waals surface area contributed by atoms with Gasteiger partial charge in [-0.1, -0.05) is 12.1 Å². The first-order chi connectivity index (χ1) is 14.1. The molecule has 3 heterocycles. The second kappa shape index (κ2) is 8.14.